The van der Waals surface area contributed by atoms with E-state index in [9.17, 15) is 17.6 Å². The van der Waals surface area contributed by atoms with E-state index in [1.54, 1.807) is 10.6 Å². The van der Waals surface area contributed by atoms with Gasteiger partial charge in [-0.3, -0.25) is 0 Å². The predicted octanol–water partition coefficient (Wildman–Crippen LogP) is 3.29. The van der Waals surface area contributed by atoms with Crippen LogP contribution in [0.5, 0.6) is 0 Å². The maximum atomic E-state index is 13.1. The molecule has 1 aromatic heterocycles. The summed E-state index contributed by atoms with van der Waals surface area (Å²) in [6, 6.07) is 4.88. The van der Waals surface area contributed by atoms with Crippen LogP contribution in [0.3, 0.4) is 0 Å². The van der Waals surface area contributed by atoms with Crippen molar-refractivity contribution in [1.82, 2.24) is 19.8 Å². The number of imidazole rings is 1. The summed E-state index contributed by atoms with van der Waals surface area (Å²) in [5.74, 6) is -0.715. The standard InChI is InChI=1S/C20H27FN4O3S/c1-5-11-24(19(26)22-6-2)13-18-12-23-20(25(18)15(3)4)29(27,28)14-16-7-9-17(21)10-8-16/h5,7-10,12,15H,1,6,11,13-14H2,2-4H3,(H,22,26). The van der Waals surface area contributed by atoms with Crippen molar-refractivity contribution < 1.29 is 17.6 Å². The average Bonchev–Trinajstić information content (AvgIpc) is 3.08. The molecule has 9 heteroatoms. The lowest BCUT2D eigenvalue weighted by Crippen LogP contribution is -2.40. The second-order valence-electron chi connectivity index (χ2n) is 6.89. The summed E-state index contributed by atoms with van der Waals surface area (Å²) >= 11 is 0. The van der Waals surface area contributed by atoms with Crippen molar-refractivity contribution in [3.8, 4) is 0 Å². The molecule has 0 aliphatic rings. The van der Waals surface area contributed by atoms with E-state index in [-0.39, 0.29) is 29.5 Å². The number of hydrogen-bond acceptors (Lipinski definition) is 4. The van der Waals surface area contributed by atoms with E-state index in [0.29, 0.717) is 24.3 Å². The van der Waals surface area contributed by atoms with Gasteiger partial charge in [-0.25, -0.2) is 22.6 Å². The van der Waals surface area contributed by atoms with Crippen LogP contribution < -0.4 is 5.32 Å². The van der Waals surface area contributed by atoms with Gasteiger partial charge in [0.1, 0.15) is 5.82 Å². The summed E-state index contributed by atoms with van der Waals surface area (Å²) in [5.41, 5.74) is 1.08. The van der Waals surface area contributed by atoms with Crippen molar-refractivity contribution in [2.24, 2.45) is 0 Å². The number of benzene rings is 1. The van der Waals surface area contributed by atoms with Gasteiger partial charge >= 0.3 is 6.03 Å². The molecule has 0 radical (unpaired) electrons. The third-order valence-electron chi connectivity index (χ3n) is 4.22. The van der Waals surface area contributed by atoms with Gasteiger partial charge in [0.25, 0.3) is 0 Å². The normalized spacial score (nSPS) is 11.5. The maximum Gasteiger partial charge on any atom is 0.318 e. The van der Waals surface area contributed by atoms with Crippen LogP contribution in [-0.4, -0.2) is 42.0 Å². The van der Waals surface area contributed by atoms with Crippen LogP contribution in [0.4, 0.5) is 9.18 Å². The van der Waals surface area contributed by atoms with Crippen LogP contribution in [-0.2, 0) is 22.1 Å². The summed E-state index contributed by atoms with van der Waals surface area (Å²) < 4.78 is 40.7. The van der Waals surface area contributed by atoms with Gasteiger partial charge in [0.2, 0.25) is 15.0 Å². The Balaban J connectivity index is 2.37. The molecule has 0 saturated heterocycles. The van der Waals surface area contributed by atoms with Gasteiger partial charge in [0, 0.05) is 19.1 Å². The highest BCUT2D eigenvalue weighted by Crippen LogP contribution is 2.23. The predicted molar refractivity (Wildman–Crippen MR) is 110 cm³/mol. The van der Waals surface area contributed by atoms with Crippen LogP contribution in [0.1, 0.15) is 38.1 Å². The highest BCUT2D eigenvalue weighted by Gasteiger charge is 2.26. The first-order chi connectivity index (χ1) is 13.7. The van der Waals surface area contributed by atoms with Crippen LogP contribution in [0.15, 0.2) is 48.3 Å². The fraction of sp³-hybridized carbons (Fsp3) is 0.400. The molecular weight excluding hydrogens is 395 g/mol. The number of nitrogens with one attached hydrogen (secondary N) is 1. The van der Waals surface area contributed by atoms with Crippen molar-refractivity contribution in [3.05, 3.63) is 60.2 Å². The van der Waals surface area contributed by atoms with Gasteiger partial charge in [0.05, 0.1) is 24.2 Å². The molecule has 2 aromatic rings. The highest BCUT2D eigenvalue weighted by molar-refractivity contribution is 7.90. The summed E-state index contributed by atoms with van der Waals surface area (Å²) in [6.45, 7) is 10.2. The molecule has 0 aliphatic heterocycles. The molecule has 1 aromatic carbocycles. The Labute approximate surface area is 171 Å². The molecule has 1 N–H and O–H groups in total. The van der Waals surface area contributed by atoms with E-state index < -0.39 is 15.7 Å². The summed E-state index contributed by atoms with van der Waals surface area (Å²) in [4.78, 5) is 18.0. The first kappa shape index (κ1) is 22.6. The molecule has 0 unspecified atom stereocenters. The minimum Gasteiger partial charge on any atom is -0.338 e. The van der Waals surface area contributed by atoms with E-state index in [2.05, 4.69) is 16.9 Å². The molecule has 0 bridgehead atoms. The van der Waals surface area contributed by atoms with Crippen molar-refractivity contribution >= 4 is 15.9 Å². The molecule has 0 fully saturated rings. The first-order valence-electron chi connectivity index (χ1n) is 9.36. The molecule has 29 heavy (non-hydrogen) atoms. The number of urea groups is 1. The summed E-state index contributed by atoms with van der Waals surface area (Å²) in [6.07, 6.45) is 3.09. The smallest absolute Gasteiger partial charge is 0.318 e. The van der Waals surface area contributed by atoms with E-state index in [0.717, 1.165) is 0 Å². The van der Waals surface area contributed by atoms with Crippen molar-refractivity contribution in [2.45, 2.75) is 44.3 Å². The minimum atomic E-state index is -3.77. The fourth-order valence-corrected chi connectivity index (χ4v) is 4.58. The Hall–Kier alpha value is -2.68. The zero-order valence-electron chi connectivity index (χ0n) is 16.9. The molecule has 7 nitrogen and oxygen atoms in total. The maximum absolute atomic E-state index is 13.1. The molecule has 2 rings (SSSR count). The lowest BCUT2D eigenvalue weighted by atomic mass is 10.2. The number of carbonyl (C=O) groups is 1. The number of hydrogen-bond donors (Lipinski definition) is 1. The van der Waals surface area contributed by atoms with Gasteiger partial charge < -0.3 is 14.8 Å². The van der Waals surface area contributed by atoms with Crippen molar-refractivity contribution in [2.75, 3.05) is 13.1 Å². The van der Waals surface area contributed by atoms with Gasteiger partial charge in [0.15, 0.2) is 0 Å². The second kappa shape index (κ2) is 9.69. The number of sulfone groups is 1. The van der Waals surface area contributed by atoms with Crippen molar-refractivity contribution in [1.29, 1.82) is 0 Å². The zero-order chi connectivity index (χ0) is 21.6. The number of carbonyl (C=O) groups excluding carboxylic acids is 1. The Kier molecular flexibility index (Phi) is 7.55. The Morgan fingerprint density at radius 3 is 2.55 bits per heavy atom. The molecule has 0 saturated carbocycles. The van der Waals surface area contributed by atoms with E-state index >= 15 is 0 Å². The second-order valence-corrected chi connectivity index (χ2v) is 8.77. The average molecular weight is 423 g/mol. The molecule has 0 aliphatic carbocycles. The van der Waals surface area contributed by atoms with Gasteiger partial charge in [-0.15, -0.1) is 6.58 Å². The topological polar surface area (TPSA) is 84.3 Å². The Morgan fingerprint density at radius 1 is 1.34 bits per heavy atom. The zero-order valence-corrected chi connectivity index (χ0v) is 17.7. The largest absolute Gasteiger partial charge is 0.338 e. The summed E-state index contributed by atoms with van der Waals surface area (Å²) in [7, 11) is -3.77. The molecule has 1 heterocycles. The van der Waals surface area contributed by atoms with Crippen LogP contribution in [0, 0.1) is 5.82 Å². The lowest BCUT2D eigenvalue weighted by molar-refractivity contribution is 0.200. The number of amides is 2. The van der Waals surface area contributed by atoms with Gasteiger partial charge in [-0.2, -0.15) is 0 Å². The first-order valence-corrected chi connectivity index (χ1v) is 11.0. The molecule has 0 spiro atoms. The molecule has 0 atom stereocenters. The van der Waals surface area contributed by atoms with Crippen molar-refractivity contribution in [3.63, 3.8) is 0 Å². The van der Waals surface area contributed by atoms with E-state index in [1.165, 1.54) is 35.4 Å². The SMILES string of the molecule is C=CCN(Cc1cnc(S(=O)(=O)Cc2ccc(F)cc2)n1C(C)C)C(=O)NCC. The van der Waals surface area contributed by atoms with E-state index in [4.69, 9.17) is 0 Å². The molecule has 158 valence electrons. The fourth-order valence-electron chi connectivity index (χ4n) is 2.97. The van der Waals surface area contributed by atoms with Gasteiger partial charge in [-0.05, 0) is 38.5 Å². The van der Waals surface area contributed by atoms with E-state index in [1.807, 2.05) is 20.8 Å². The molecule has 2 amide bonds. The third kappa shape index (κ3) is 5.66. The third-order valence-corrected chi connectivity index (χ3v) is 5.79. The number of rotatable bonds is 9. The van der Waals surface area contributed by atoms with Crippen LogP contribution in [0.2, 0.25) is 0 Å². The Bertz CT molecular complexity index is 953. The monoisotopic (exact) mass is 422 g/mol. The van der Waals surface area contributed by atoms with Crippen LogP contribution in [0.25, 0.3) is 0 Å². The van der Waals surface area contributed by atoms with Gasteiger partial charge in [-0.1, -0.05) is 18.2 Å². The number of halogens is 1. The molecular formula is C20H27FN4O3S. The Morgan fingerprint density at radius 2 is 2.00 bits per heavy atom. The van der Waals surface area contributed by atoms with Crippen LogP contribution >= 0.6 is 0 Å². The minimum absolute atomic E-state index is 0.0683. The highest BCUT2D eigenvalue weighted by atomic mass is 32.2. The number of aromatic nitrogens is 2. The summed E-state index contributed by atoms with van der Waals surface area (Å²) in [5, 5.41) is 2.67. The number of nitrogens with zero attached hydrogens (tertiary/aromatic N) is 3. The lowest BCUT2D eigenvalue weighted by Gasteiger charge is -2.23. The quantitative estimate of drug-likeness (QED) is 0.629.